The summed E-state index contributed by atoms with van der Waals surface area (Å²) in [7, 11) is 0. The first-order valence-electron chi connectivity index (χ1n) is 9.59. The molecule has 4 rings (SSSR count). The molecule has 1 N–H and O–H groups in total. The van der Waals surface area contributed by atoms with E-state index in [1.807, 2.05) is 48.6 Å². The molecule has 29 heavy (non-hydrogen) atoms. The lowest BCUT2D eigenvalue weighted by atomic mass is 9.98. The maximum Gasteiger partial charge on any atom is 0.407 e. The van der Waals surface area contributed by atoms with Gasteiger partial charge in [-0.3, -0.25) is 4.98 Å². The SMILES string of the molecule is O=C(NCCC=Cc1ccc(Br)cn1)OCC1c2ccccc2-c2ccccc21. The van der Waals surface area contributed by atoms with Crippen LogP contribution in [0.5, 0.6) is 0 Å². The van der Waals surface area contributed by atoms with Crippen molar-refractivity contribution >= 4 is 28.1 Å². The monoisotopic (exact) mass is 448 g/mol. The molecule has 0 spiro atoms. The normalized spacial score (nSPS) is 12.6. The number of hydrogen-bond acceptors (Lipinski definition) is 3. The predicted molar refractivity (Wildman–Crippen MR) is 119 cm³/mol. The van der Waals surface area contributed by atoms with Crippen molar-refractivity contribution in [1.29, 1.82) is 0 Å². The molecule has 4 nitrogen and oxygen atoms in total. The van der Waals surface area contributed by atoms with Crippen molar-refractivity contribution in [3.63, 3.8) is 0 Å². The lowest BCUT2D eigenvalue weighted by Crippen LogP contribution is -2.26. The molecule has 1 aromatic heterocycles. The zero-order valence-corrected chi connectivity index (χ0v) is 17.4. The van der Waals surface area contributed by atoms with Crippen LogP contribution in [0.15, 0.2) is 77.4 Å². The van der Waals surface area contributed by atoms with Crippen LogP contribution in [0.25, 0.3) is 17.2 Å². The number of benzene rings is 2. The molecule has 0 aliphatic heterocycles. The van der Waals surface area contributed by atoms with E-state index in [1.54, 1.807) is 6.20 Å². The highest BCUT2D eigenvalue weighted by atomic mass is 79.9. The number of rotatable bonds is 6. The lowest BCUT2D eigenvalue weighted by molar-refractivity contribution is 0.143. The number of carbonyl (C=O) groups is 1. The number of ether oxygens (including phenoxy) is 1. The third kappa shape index (κ3) is 4.57. The Labute approximate surface area is 178 Å². The van der Waals surface area contributed by atoms with Crippen molar-refractivity contribution in [2.45, 2.75) is 12.3 Å². The first-order valence-corrected chi connectivity index (χ1v) is 10.4. The number of nitrogens with zero attached hydrogens (tertiary/aromatic N) is 1. The Kier molecular flexibility index (Phi) is 6.06. The number of aromatic nitrogens is 1. The minimum absolute atomic E-state index is 0.0801. The number of fused-ring (bicyclic) bond motifs is 3. The number of amides is 1. The molecule has 1 heterocycles. The summed E-state index contributed by atoms with van der Waals surface area (Å²) < 4.78 is 6.48. The maximum atomic E-state index is 12.1. The number of halogens is 1. The average Bonchev–Trinajstić information content (AvgIpc) is 3.07. The third-order valence-corrected chi connectivity index (χ3v) is 5.43. The molecule has 5 heteroatoms. The summed E-state index contributed by atoms with van der Waals surface area (Å²) in [5.74, 6) is 0.0801. The van der Waals surface area contributed by atoms with Crippen LogP contribution >= 0.6 is 15.9 Å². The molecule has 0 saturated carbocycles. The first-order chi connectivity index (χ1) is 14.2. The van der Waals surface area contributed by atoms with Crippen molar-refractivity contribution < 1.29 is 9.53 Å². The fourth-order valence-electron chi connectivity index (χ4n) is 3.60. The fraction of sp³-hybridized carbons (Fsp3) is 0.167. The van der Waals surface area contributed by atoms with Gasteiger partial charge in [0.2, 0.25) is 0 Å². The molecule has 1 aliphatic rings. The molecule has 0 radical (unpaired) electrons. The van der Waals surface area contributed by atoms with Gasteiger partial charge in [0.15, 0.2) is 0 Å². The predicted octanol–water partition coefficient (Wildman–Crippen LogP) is 5.79. The Morgan fingerprint density at radius 3 is 2.38 bits per heavy atom. The fourth-order valence-corrected chi connectivity index (χ4v) is 3.83. The number of hydrogen-bond donors (Lipinski definition) is 1. The molecule has 0 saturated heterocycles. The Hall–Kier alpha value is -2.92. The van der Waals surface area contributed by atoms with Crippen LogP contribution in [-0.4, -0.2) is 24.2 Å². The second-order valence-electron chi connectivity index (χ2n) is 6.84. The highest BCUT2D eigenvalue weighted by molar-refractivity contribution is 9.10. The Balaban J connectivity index is 1.27. The zero-order chi connectivity index (χ0) is 20.1. The van der Waals surface area contributed by atoms with Crippen LogP contribution in [0.4, 0.5) is 4.79 Å². The summed E-state index contributed by atoms with van der Waals surface area (Å²) in [6, 6.07) is 20.5. The third-order valence-electron chi connectivity index (χ3n) is 4.96. The first kappa shape index (κ1) is 19.4. The molecule has 1 aliphatic carbocycles. The largest absolute Gasteiger partial charge is 0.449 e. The number of pyridine rings is 1. The molecule has 2 aromatic carbocycles. The summed E-state index contributed by atoms with van der Waals surface area (Å²) in [5, 5.41) is 2.81. The summed E-state index contributed by atoms with van der Waals surface area (Å²) in [6.45, 7) is 0.849. The van der Waals surface area contributed by atoms with Gasteiger partial charge >= 0.3 is 6.09 Å². The van der Waals surface area contributed by atoms with E-state index >= 15 is 0 Å². The Morgan fingerprint density at radius 1 is 1.03 bits per heavy atom. The van der Waals surface area contributed by atoms with Gasteiger partial charge in [0.25, 0.3) is 0 Å². The van der Waals surface area contributed by atoms with Crippen LogP contribution in [-0.2, 0) is 4.74 Å². The zero-order valence-electron chi connectivity index (χ0n) is 15.8. The van der Waals surface area contributed by atoms with E-state index in [2.05, 4.69) is 50.5 Å². The Morgan fingerprint density at radius 2 is 1.72 bits per heavy atom. The summed E-state index contributed by atoms with van der Waals surface area (Å²) in [5.41, 5.74) is 5.76. The highest BCUT2D eigenvalue weighted by Gasteiger charge is 2.28. The topological polar surface area (TPSA) is 51.2 Å². The smallest absolute Gasteiger partial charge is 0.407 e. The Bertz CT molecular complexity index is 986. The van der Waals surface area contributed by atoms with Gasteiger partial charge in [0.05, 0.1) is 5.69 Å². The van der Waals surface area contributed by atoms with Crippen molar-refractivity contribution in [1.82, 2.24) is 10.3 Å². The quantitative estimate of drug-likeness (QED) is 0.485. The van der Waals surface area contributed by atoms with Crippen LogP contribution < -0.4 is 5.32 Å². The van der Waals surface area contributed by atoms with Gasteiger partial charge in [-0.15, -0.1) is 0 Å². The average molecular weight is 449 g/mol. The van der Waals surface area contributed by atoms with Crippen molar-refractivity contribution in [3.05, 3.63) is 94.2 Å². The molecule has 1 amide bonds. The van der Waals surface area contributed by atoms with E-state index < -0.39 is 0 Å². The van der Waals surface area contributed by atoms with Gasteiger partial charge < -0.3 is 10.1 Å². The van der Waals surface area contributed by atoms with Crippen LogP contribution in [0, 0.1) is 0 Å². The van der Waals surface area contributed by atoms with Crippen LogP contribution in [0.3, 0.4) is 0 Å². The number of carbonyl (C=O) groups excluding carboxylic acids is 1. The summed E-state index contributed by atoms with van der Waals surface area (Å²) in [4.78, 5) is 16.4. The van der Waals surface area contributed by atoms with Crippen LogP contribution in [0.1, 0.15) is 29.2 Å². The highest BCUT2D eigenvalue weighted by Crippen LogP contribution is 2.44. The molecule has 0 bridgehead atoms. The van der Waals surface area contributed by atoms with Gasteiger partial charge in [0.1, 0.15) is 6.61 Å². The second-order valence-corrected chi connectivity index (χ2v) is 7.76. The van der Waals surface area contributed by atoms with Gasteiger partial charge in [0, 0.05) is 23.1 Å². The second kappa shape index (κ2) is 9.05. The molecule has 0 fully saturated rings. The van der Waals surface area contributed by atoms with Crippen molar-refractivity contribution in [3.8, 4) is 11.1 Å². The van der Waals surface area contributed by atoms with Gasteiger partial charge in [-0.05, 0) is 62.8 Å². The standard InChI is InChI=1S/C24H21BrN2O2/c25-17-12-13-18(27-15-17)7-5-6-14-26-24(28)29-16-23-21-10-3-1-8-19(21)20-9-2-4-11-22(20)23/h1-5,7-13,15,23H,6,14,16H2,(H,26,28). The summed E-state index contributed by atoms with van der Waals surface area (Å²) >= 11 is 3.36. The minimum atomic E-state index is -0.387. The van der Waals surface area contributed by atoms with E-state index in [4.69, 9.17) is 4.74 Å². The molecule has 146 valence electrons. The van der Waals surface area contributed by atoms with Crippen molar-refractivity contribution in [2.75, 3.05) is 13.2 Å². The molecule has 0 atom stereocenters. The van der Waals surface area contributed by atoms with Gasteiger partial charge in [-0.2, -0.15) is 0 Å². The van der Waals surface area contributed by atoms with E-state index in [1.165, 1.54) is 22.3 Å². The summed E-state index contributed by atoms with van der Waals surface area (Å²) in [6.07, 6.45) is 6.00. The van der Waals surface area contributed by atoms with Crippen LogP contribution in [0.2, 0.25) is 0 Å². The van der Waals surface area contributed by atoms with E-state index in [0.717, 1.165) is 10.2 Å². The van der Waals surface area contributed by atoms with E-state index in [9.17, 15) is 4.79 Å². The minimum Gasteiger partial charge on any atom is -0.449 e. The van der Waals surface area contributed by atoms with E-state index in [-0.39, 0.29) is 12.0 Å². The maximum absolute atomic E-state index is 12.1. The van der Waals surface area contributed by atoms with Gasteiger partial charge in [-0.1, -0.05) is 54.6 Å². The van der Waals surface area contributed by atoms with Gasteiger partial charge in [-0.25, -0.2) is 4.79 Å². The molecular formula is C24H21BrN2O2. The molecule has 3 aromatic rings. The number of alkyl carbamates (subject to hydrolysis) is 1. The number of nitrogens with one attached hydrogen (secondary N) is 1. The molecule has 0 unspecified atom stereocenters. The lowest BCUT2D eigenvalue weighted by Gasteiger charge is -2.14. The van der Waals surface area contributed by atoms with Crippen molar-refractivity contribution in [2.24, 2.45) is 0 Å². The molecular weight excluding hydrogens is 428 g/mol. The van der Waals surface area contributed by atoms with E-state index in [0.29, 0.717) is 19.6 Å².